The summed E-state index contributed by atoms with van der Waals surface area (Å²) in [4.78, 5) is 11.7. The van der Waals surface area contributed by atoms with Gasteiger partial charge in [-0.3, -0.25) is 0 Å². The number of carbonyl (C=O) groups is 1. The lowest BCUT2D eigenvalue weighted by atomic mass is 9.40. The zero-order valence-corrected chi connectivity index (χ0v) is 12.7. The van der Waals surface area contributed by atoms with E-state index < -0.39 is 0 Å². The smallest absolute Gasteiger partial charge is 0.333 e. The van der Waals surface area contributed by atoms with Crippen molar-refractivity contribution in [2.75, 3.05) is 7.11 Å². The molecule has 0 aromatic heterocycles. The van der Waals surface area contributed by atoms with Crippen LogP contribution in [0.4, 0.5) is 0 Å². The number of hydrogen-bond donors (Lipinski definition) is 0. The second-order valence-corrected chi connectivity index (χ2v) is 7.89. The molecule has 4 aliphatic rings. The lowest BCUT2D eigenvalue weighted by molar-refractivity contribution is -0.136. The quantitative estimate of drug-likeness (QED) is 0.570. The van der Waals surface area contributed by atoms with Gasteiger partial charge in [0.2, 0.25) is 0 Å². The molecule has 0 N–H and O–H groups in total. The summed E-state index contributed by atoms with van der Waals surface area (Å²) in [5.41, 5.74) is 0.872. The highest BCUT2D eigenvalue weighted by Gasteiger charge is 2.61. The topological polar surface area (TPSA) is 50.1 Å². The van der Waals surface area contributed by atoms with Crippen molar-refractivity contribution < 1.29 is 9.53 Å². The third-order valence-electron chi connectivity index (χ3n) is 5.66. The fourth-order valence-corrected chi connectivity index (χ4v) is 5.97. The molecular weight excluding hydrogens is 250 g/mol. The third-order valence-corrected chi connectivity index (χ3v) is 5.66. The molecule has 3 heteroatoms. The van der Waals surface area contributed by atoms with Crippen LogP contribution in [-0.2, 0) is 9.53 Å². The minimum atomic E-state index is -0.239. The first-order chi connectivity index (χ1) is 9.33. The van der Waals surface area contributed by atoms with Gasteiger partial charge in [0, 0.05) is 5.57 Å². The van der Waals surface area contributed by atoms with Gasteiger partial charge in [-0.2, -0.15) is 5.26 Å². The second-order valence-electron chi connectivity index (χ2n) is 7.89. The average molecular weight is 273 g/mol. The van der Waals surface area contributed by atoms with E-state index >= 15 is 0 Å². The van der Waals surface area contributed by atoms with Crippen LogP contribution in [-0.4, -0.2) is 13.1 Å². The average Bonchev–Trinajstić information content (AvgIpc) is 2.34. The van der Waals surface area contributed by atoms with E-state index in [1.54, 1.807) is 0 Å². The largest absolute Gasteiger partial charge is 0.466 e. The van der Waals surface area contributed by atoms with Crippen LogP contribution < -0.4 is 0 Å². The van der Waals surface area contributed by atoms with Crippen molar-refractivity contribution in [1.29, 1.82) is 5.26 Å². The molecule has 20 heavy (non-hydrogen) atoms. The van der Waals surface area contributed by atoms with Gasteiger partial charge in [0.25, 0.3) is 0 Å². The molecule has 4 unspecified atom stereocenters. The molecule has 0 saturated heterocycles. The summed E-state index contributed by atoms with van der Waals surface area (Å²) in [6, 6.07) is 2.63. The first kappa shape index (κ1) is 13.7. The zero-order chi connectivity index (χ0) is 14.6. The molecule has 4 aliphatic carbocycles. The first-order valence-corrected chi connectivity index (χ1v) is 7.52. The Hall–Kier alpha value is -1.30. The van der Waals surface area contributed by atoms with Gasteiger partial charge in [0.1, 0.15) is 0 Å². The van der Waals surface area contributed by atoms with Gasteiger partial charge in [-0.1, -0.05) is 13.0 Å². The minimum absolute atomic E-state index is 0.0438. The standard InChI is InChI=1S/C17H23NO2/c1-12(14(19)20-3)4-16-6-13-5-15(2,8-16)9-17(7-13,10-16)11-18/h4,13H,5-10H2,1-3H3/b12-4+. The Kier molecular flexibility index (Phi) is 2.80. The van der Waals surface area contributed by atoms with Gasteiger partial charge >= 0.3 is 5.97 Å². The molecule has 0 aromatic carbocycles. The number of nitrogens with zero attached hydrogens (tertiary/aromatic N) is 1. The van der Waals surface area contributed by atoms with Crippen LogP contribution in [0.3, 0.4) is 0 Å². The maximum absolute atomic E-state index is 11.7. The van der Waals surface area contributed by atoms with Crippen molar-refractivity contribution in [3.05, 3.63) is 11.6 Å². The Morgan fingerprint density at radius 2 is 2.05 bits per heavy atom. The number of nitriles is 1. The molecule has 0 aliphatic heterocycles. The molecule has 0 heterocycles. The Balaban J connectivity index is 1.99. The normalized spacial score (nSPS) is 46.1. The fraction of sp³-hybridized carbons (Fsp3) is 0.765. The molecule has 4 saturated carbocycles. The van der Waals surface area contributed by atoms with Gasteiger partial charge < -0.3 is 4.74 Å². The molecular formula is C17H23NO2. The summed E-state index contributed by atoms with van der Waals surface area (Å²) in [7, 11) is 1.43. The summed E-state index contributed by atoms with van der Waals surface area (Å²) >= 11 is 0. The monoisotopic (exact) mass is 273 g/mol. The van der Waals surface area contributed by atoms with Crippen molar-refractivity contribution in [2.45, 2.75) is 52.4 Å². The van der Waals surface area contributed by atoms with Gasteiger partial charge in [0.05, 0.1) is 18.6 Å². The predicted octanol–water partition coefficient (Wildman–Crippen LogP) is 3.61. The fourth-order valence-electron chi connectivity index (χ4n) is 5.97. The molecule has 4 atom stereocenters. The van der Waals surface area contributed by atoms with Crippen molar-refractivity contribution >= 4 is 5.97 Å². The van der Waals surface area contributed by atoms with Crippen molar-refractivity contribution in [1.82, 2.24) is 0 Å². The maximum atomic E-state index is 11.7. The van der Waals surface area contributed by atoms with Gasteiger partial charge in [-0.25, -0.2) is 4.79 Å². The Morgan fingerprint density at radius 3 is 2.65 bits per heavy atom. The number of esters is 1. The van der Waals surface area contributed by atoms with Crippen LogP contribution in [0.5, 0.6) is 0 Å². The van der Waals surface area contributed by atoms with Crippen LogP contribution in [0.1, 0.15) is 52.4 Å². The summed E-state index contributed by atoms with van der Waals surface area (Å²) in [6.45, 7) is 4.17. The highest BCUT2D eigenvalue weighted by molar-refractivity contribution is 5.87. The van der Waals surface area contributed by atoms with Crippen molar-refractivity contribution in [3.8, 4) is 6.07 Å². The first-order valence-electron chi connectivity index (χ1n) is 7.52. The van der Waals surface area contributed by atoms with Crippen molar-refractivity contribution in [3.63, 3.8) is 0 Å². The molecule has 0 amide bonds. The summed E-state index contributed by atoms with van der Waals surface area (Å²) in [5.74, 6) is 0.412. The maximum Gasteiger partial charge on any atom is 0.333 e. The van der Waals surface area contributed by atoms with Gasteiger partial charge in [0.15, 0.2) is 0 Å². The molecule has 4 fully saturated rings. The van der Waals surface area contributed by atoms with E-state index in [0.717, 1.165) is 32.1 Å². The zero-order valence-electron chi connectivity index (χ0n) is 12.7. The van der Waals surface area contributed by atoms with E-state index in [1.165, 1.54) is 13.5 Å². The van der Waals surface area contributed by atoms with Crippen LogP contribution in [0.25, 0.3) is 0 Å². The van der Waals surface area contributed by atoms with Crippen molar-refractivity contribution in [2.24, 2.45) is 22.2 Å². The van der Waals surface area contributed by atoms with Crippen LogP contribution in [0, 0.1) is 33.5 Å². The summed E-state index contributed by atoms with van der Waals surface area (Å²) in [6.07, 6.45) is 8.67. The lowest BCUT2D eigenvalue weighted by Crippen LogP contribution is -2.55. The number of methoxy groups -OCH3 is 1. The summed E-state index contributed by atoms with van der Waals surface area (Å²) in [5, 5.41) is 9.69. The van der Waals surface area contributed by atoms with Crippen LogP contribution in [0.15, 0.2) is 11.6 Å². The predicted molar refractivity (Wildman–Crippen MR) is 75.6 cm³/mol. The van der Waals surface area contributed by atoms with Crippen LogP contribution in [0.2, 0.25) is 0 Å². The van der Waals surface area contributed by atoms with Gasteiger partial charge in [-0.05, 0) is 62.2 Å². The molecule has 4 rings (SSSR count). The number of hydrogen-bond acceptors (Lipinski definition) is 3. The van der Waals surface area contributed by atoms with E-state index in [-0.39, 0.29) is 22.2 Å². The number of ether oxygens (including phenoxy) is 1. The van der Waals surface area contributed by atoms with Crippen LogP contribution >= 0.6 is 0 Å². The van der Waals surface area contributed by atoms with E-state index in [0.29, 0.717) is 11.5 Å². The van der Waals surface area contributed by atoms with Gasteiger partial charge in [-0.15, -0.1) is 0 Å². The Bertz CT molecular complexity index is 532. The molecule has 0 radical (unpaired) electrons. The summed E-state index contributed by atoms with van der Waals surface area (Å²) < 4.78 is 4.83. The Morgan fingerprint density at radius 1 is 1.30 bits per heavy atom. The Labute approximate surface area is 121 Å². The van der Waals surface area contributed by atoms with E-state index in [2.05, 4.69) is 19.1 Å². The highest BCUT2D eigenvalue weighted by atomic mass is 16.5. The highest BCUT2D eigenvalue weighted by Crippen LogP contribution is 2.70. The van der Waals surface area contributed by atoms with E-state index in [9.17, 15) is 10.1 Å². The molecule has 3 nitrogen and oxygen atoms in total. The molecule has 0 aromatic rings. The lowest BCUT2D eigenvalue weighted by Gasteiger charge is -2.63. The van der Waals surface area contributed by atoms with E-state index in [4.69, 9.17) is 4.74 Å². The number of carbonyl (C=O) groups excluding carboxylic acids is 1. The molecule has 0 spiro atoms. The minimum Gasteiger partial charge on any atom is -0.466 e. The number of rotatable bonds is 2. The molecule has 4 bridgehead atoms. The second kappa shape index (κ2) is 4.10. The molecule has 108 valence electrons. The third kappa shape index (κ3) is 1.97. The SMILES string of the molecule is COC(=O)/C(C)=C/C12CC3CC(C)(CC(C#N)(C3)C1)C2. The number of allylic oxidation sites excluding steroid dienone is 1. The van der Waals surface area contributed by atoms with E-state index in [1.807, 2.05) is 6.92 Å².